The van der Waals surface area contributed by atoms with E-state index in [9.17, 15) is 4.79 Å². The monoisotopic (exact) mass is 490 g/mol. The molecule has 0 aliphatic carbocycles. The van der Waals surface area contributed by atoms with Crippen molar-refractivity contribution in [1.82, 2.24) is 34.9 Å². The Bertz CT molecular complexity index is 1140. The molecule has 2 saturated heterocycles. The first-order valence-corrected chi connectivity index (χ1v) is 13.4. The average molecular weight is 491 g/mol. The van der Waals surface area contributed by atoms with Gasteiger partial charge in [0, 0.05) is 57.3 Å². The average Bonchev–Trinajstić information content (AvgIpc) is 3.35. The van der Waals surface area contributed by atoms with Gasteiger partial charge in [-0.15, -0.1) is 15.3 Å². The normalized spacial score (nSPS) is 18.1. The molecule has 1 amide bonds. The van der Waals surface area contributed by atoms with Crippen LogP contribution < -0.4 is 10.2 Å². The zero-order valence-electron chi connectivity index (χ0n) is 21.6. The summed E-state index contributed by atoms with van der Waals surface area (Å²) in [5.41, 5.74) is 2.94. The van der Waals surface area contributed by atoms with Gasteiger partial charge in [0.25, 0.3) is 0 Å². The number of carbonyl (C=O) groups excluding carboxylic acids is 1. The van der Waals surface area contributed by atoms with Crippen LogP contribution in [0.15, 0.2) is 36.4 Å². The van der Waals surface area contributed by atoms with E-state index >= 15 is 0 Å². The van der Waals surface area contributed by atoms with E-state index in [1.807, 2.05) is 16.6 Å². The number of nitrogens with zero attached hydrogens (tertiary/aromatic N) is 7. The highest BCUT2D eigenvalue weighted by molar-refractivity contribution is 5.79. The molecule has 1 aromatic carbocycles. The number of anilines is 1. The Labute approximate surface area is 213 Å². The number of amides is 1. The Kier molecular flexibility index (Phi) is 7.77. The van der Waals surface area contributed by atoms with Crippen molar-refractivity contribution in [3.05, 3.63) is 42.0 Å². The van der Waals surface area contributed by atoms with Gasteiger partial charge in [0.1, 0.15) is 5.82 Å². The van der Waals surface area contributed by atoms with Crippen LogP contribution in [0.3, 0.4) is 0 Å². The van der Waals surface area contributed by atoms with E-state index in [1.165, 1.54) is 5.56 Å². The van der Waals surface area contributed by atoms with Crippen molar-refractivity contribution >= 4 is 17.4 Å². The van der Waals surface area contributed by atoms with Gasteiger partial charge in [-0.2, -0.15) is 4.52 Å². The van der Waals surface area contributed by atoms with Crippen LogP contribution in [0.2, 0.25) is 0 Å². The maximum Gasteiger partial charge on any atom is 0.223 e. The Morgan fingerprint density at radius 3 is 2.39 bits per heavy atom. The summed E-state index contributed by atoms with van der Waals surface area (Å²) in [6, 6.07) is 12.2. The summed E-state index contributed by atoms with van der Waals surface area (Å²) < 4.78 is 1.82. The highest BCUT2D eigenvalue weighted by Crippen LogP contribution is 2.24. The molecule has 0 bridgehead atoms. The van der Waals surface area contributed by atoms with Gasteiger partial charge < -0.3 is 20.0 Å². The minimum absolute atomic E-state index is 0.0797. The van der Waals surface area contributed by atoms with E-state index in [2.05, 4.69) is 68.3 Å². The van der Waals surface area contributed by atoms with Gasteiger partial charge in [-0.25, -0.2) is 0 Å². The lowest BCUT2D eigenvalue weighted by atomic mass is 9.96. The number of hydrogen-bond donors (Lipinski definition) is 1. The second-order valence-corrected chi connectivity index (χ2v) is 10.0. The number of nitrogens with one attached hydrogen (secondary N) is 1. The predicted molar refractivity (Wildman–Crippen MR) is 142 cm³/mol. The summed E-state index contributed by atoms with van der Waals surface area (Å²) in [5, 5.41) is 16.7. The molecule has 0 spiro atoms. The maximum absolute atomic E-state index is 12.8. The zero-order valence-corrected chi connectivity index (χ0v) is 21.6. The summed E-state index contributed by atoms with van der Waals surface area (Å²) in [6.45, 7) is 13.5. The number of aromatic nitrogens is 4. The van der Waals surface area contributed by atoms with Crippen LogP contribution in [-0.4, -0.2) is 94.4 Å². The molecule has 2 fully saturated rings. The first kappa shape index (κ1) is 24.6. The maximum atomic E-state index is 12.8. The van der Waals surface area contributed by atoms with E-state index in [1.54, 1.807) is 0 Å². The Morgan fingerprint density at radius 1 is 0.944 bits per heavy atom. The van der Waals surface area contributed by atoms with Crippen LogP contribution in [-0.2, 0) is 4.79 Å². The molecule has 0 atom stereocenters. The summed E-state index contributed by atoms with van der Waals surface area (Å²) in [7, 11) is 0. The summed E-state index contributed by atoms with van der Waals surface area (Å²) >= 11 is 0. The number of fused-ring (bicyclic) bond motifs is 1. The van der Waals surface area contributed by atoms with Crippen molar-refractivity contribution in [2.75, 3.05) is 63.8 Å². The number of carbonyl (C=O) groups is 1. The first-order valence-electron chi connectivity index (χ1n) is 13.4. The molecule has 9 heteroatoms. The number of hydrogen-bond acceptors (Lipinski definition) is 7. The van der Waals surface area contributed by atoms with Gasteiger partial charge in [0.15, 0.2) is 11.5 Å². The van der Waals surface area contributed by atoms with Crippen molar-refractivity contribution in [3.8, 4) is 11.4 Å². The van der Waals surface area contributed by atoms with Gasteiger partial charge >= 0.3 is 0 Å². The fourth-order valence-electron chi connectivity index (χ4n) is 5.19. The fourth-order valence-corrected chi connectivity index (χ4v) is 5.19. The largest absolute Gasteiger partial charge is 0.356 e. The van der Waals surface area contributed by atoms with Crippen molar-refractivity contribution in [1.29, 1.82) is 0 Å². The SMILES string of the molecule is CCN1CCN(CCCNC(=O)C2CCN(c3ccc4nnc(-c5ccc(C)cc5)n4n3)CC2)CC1. The van der Waals surface area contributed by atoms with E-state index in [-0.39, 0.29) is 11.8 Å². The van der Waals surface area contributed by atoms with Crippen molar-refractivity contribution in [2.45, 2.75) is 33.1 Å². The van der Waals surface area contributed by atoms with Gasteiger partial charge in [-0.05, 0) is 51.4 Å². The van der Waals surface area contributed by atoms with Gasteiger partial charge in [0.2, 0.25) is 5.91 Å². The molecule has 2 aliphatic rings. The standard InChI is InChI=1S/C27H38N8O/c1-3-32-17-19-33(20-18-32)14-4-13-28-27(36)23-11-15-34(16-12-23)25-10-9-24-29-30-26(35(24)31-25)22-7-5-21(2)6-8-22/h5-10,23H,3-4,11-20H2,1-2H3,(H,28,36). The van der Waals surface area contributed by atoms with Crippen LogP contribution in [0.4, 0.5) is 5.82 Å². The second kappa shape index (κ2) is 11.3. The Balaban J connectivity index is 1.10. The third-order valence-electron chi connectivity index (χ3n) is 7.61. The molecule has 4 heterocycles. The number of likely N-dealkylation sites (N-methyl/N-ethyl adjacent to an activating group) is 1. The van der Waals surface area contributed by atoms with Crippen molar-refractivity contribution in [3.63, 3.8) is 0 Å². The quantitative estimate of drug-likeness (QED) is 0.486. The second-order valence-electron chi connectivity index (χ2n) is 10.0. The number of benzene rings is 1. The van der Waals surface area contributed by atoms with Crippen LogP contribution in [0.5, 0.6) is 0 Å². The number of piperidine rings is 1. The zero-order chi connectivity index (χ0) is 24.9. The third-order valence-corrected chi connectivity index (χ3v) is 7.61. The van der Waals surface area contributed by atoms with Crippen LogP contribution in [0, 0.1) is 12.8 Å². The lowest BCUT2D eigenvalue weighted by Gasteiger charge is -2.34. The minimum Gasteiger partial charge on any atom is -0.356 e. The molecule has 1 N–H and O–H groups in total. The molecule has 0 radical (unpaired) electrons. The molecule has 2 aromatic heterocycles. The van der Waals surface area contributed by atoms with E-state index in [0.29, 0.717) is 0 Å². The van der Waals surface area contributed by atoms with Crippen molar-refractivity contribution < 1.29 is 4.79 Å². The highest BCUT2D eigenvalue weighted by Gasteiger charge is 2.26. The number of piperazine rings is 1. The minimum atomic E-state index is 0.0797. The molecule has 0 saturated carbocycles. The number of rotatable bonds is 8. The summed E-state index contributed by atoms with van der Waals surface area (Å²) in [6.07, 6.45) is 2.71. The smallest absolute Gasteiger partial charge is 0.223 e. The Morgan fingerprint density at radius 2 is 1.67 bits per heavy atom. The molecule has 3 aromatic rings. The molecular weight excluding hydrogens is 452 g/mol. The van der Waals surface area contributed by atoms with E-state index in [4.69, 9.17) is 5.10 Å². The molecule has 36 heavy (non-hydrogen) atoms. The van der Waals surface area contributed by atoms with Crippen molar-refractivity contribution in [2.24, 2.45) is 5.92 Å². The molecule has 5 rings (SSSR count). The lowest BCUT2D eigenvalue weighted by molar-refractivity contribution is -0.125. The number of aryl methyl sites for hydroxylation is 1. The highest BCUT2D eigenvalue weighted by atomic mass is 16.1. The third kappa shape index (κ3) is 5.68. The fraction of sp³-hybridized carbons (Fsp3) is 0.556. The Hall–Kier alpha value is -3.04. The van der Waals surface area contributed by atoms with Crippen LogP contribution in [0.1, 0.15) is 31.7 Å². The summed E-state index contributed by atoms with van der Waals surface area (Å²) in [5.74, 6) is 1.93. The molecule has 2 aliphatic heterocycles. The lowest BCUT2D eigenvalue weighted by Crippen LogP contribution is -2.47. The topological polar surface area (TPSA) is 81.9 Å². The van der Waals surface area contributed by atoms with Crippen LogP contribution in [0.25, 0.3) is 17.0 Å². The summed E-state index contributed by atoms with van der Waals surface area (Å²) in [4.78, 5) is 20.0. The molecule has 0 unspecified atom stereocenters. The molecule has 9 nitrogen and oxygen atoms in total. The van der Waals surface area contributed by atoms with Gasteiger partial charge in [-0.3, -0.25) is 4.79 Å². The van der Waals surface area contributed by atoms with Gasteiger partial charge in [-0.1, -0.05) is 36.8 Å². The first-order chi connectivity index (χ1) is 17.6. The van der Waals surface area contributed by atoms with E-state index in [0.717, 1.165) is 101 Å². The van der Waals surface area contributed by atoms with E-state index < -0.39 is 0 Å². The van der Waals surface area contributed by atoms with Gasteiger partial charge in [0.05, 0.1) is 0 Å². The van der Waals surface area contributed by atoms with Crippen LogP contribution >= 0.6 is 0 Å². The predicted octanol–water partition coefficient (Wildman–Crippen LogP) is 2.46. The molecule has 192 valence electrons. The molecular formula is C27H38N8O.